The second-order valence-electron chi connectivity index (χ2n) is 4.44. The van der Waals surface area contributed by atoms with Gasteiger partial charge in [0.1, 0.15) is 0 Å². The summed E-state index contributed by atoms with van der Waals surface area (Å²) < 4.78 is 0. The minimum atomic E-state index is -0.362. The van der Waals surface area contributed by atoms with Crippen LogP contribution in [0.25, 0.3) is 0 Å². The van der Waals surface area contributed by atoms with Crippen molar-refractivity contribution in [1.82, 2.24) is 10.7 Å². The molecule has 0 aliphatic heterocycles. The zero-order chi connectivity index (χ0) is 12.9. The van der Waals surface area contributed by atoms with E-state index >= 15 is 0 Å². The van der Waals surface area contributed by atoms with E-state index in [9.17, 15) is 4.79 Å². The van der Waals surface area contributed by atoms with E-state index in [1.165, 1.54) is 10.5 Å². The van der Waals surface area contributed by atoms with Gasteiger partial charge >= 0.3 is 6.03 Å². The first-order valence-corrected chi connectivity index (χ1v) is 6.61. The predicted molar refractivity (Wildman–Crippen MR) is 72.0 cm³/mol. The molecule has 0 saturated heterocycles. The first kappa shape index (κ1) is 13.9. The number of nitrogens with one attached hydrogen (secondary N) is 2. The normalized spacial score (nSPS) is 11.1. The molecule has 0 spiro atoms. The molecule has 1 aromatic rings. The Labute approximate surface area is 106 Å². The smallest absolute Gasteiger partial charge is 0.328 e. The summed E-state index contributed by atoms with van der Waals surface area (Å²) in [5.74, 6) is 5.01. The van der Waals surface area contributed by atoms with Gasteiger partial charge in [0.25, 0.3) is 0 Å². The standard InChI is InChI=1S/C12H19N3OS/c1-12(2,8-14-11(16)15-13)9-4-6-10(17-3)7-5-9/h4-7H,8,13H2,1-3H3,(H2,14,15,16). The van der Waals surface area contributed by atoms with Crippen molar-refractivity contribution in [3.63, 3.8) is 0 Å². The Balaban J connectivity index is 2.70. The Bertz CT molecular complexity index is 376. The van der Waals surface area contributed by atoms with E-state index in [1.807, 2.05) is 6.26 Å². The third-order valence-corrected chi connectivity index (χ3v) is 3.44. The number of carbonyl (C=O) groups excluding carboxylic acids is 1. The van der Waals surface area contributed by atoms with Crippen LogP contribution >= 0.6 is 11.8 Å². The largest absolute Gasteiger partial charge is 0.336 e. The molecule has 0 fully saturated rings. The highest BCUT2D eigenvalue weighted by atomic mass is 32.2. The fourth-order valence-corrected chi connectivity index (χ4v) is 1.90. The highest BCUT2D eigenvalue weighted by molar-refractivity contribution is 7.98. The van der Waals surface area contributed by atoms with Crippen LogP contribution in [0.1, 0.15) is 19.4 Å². The average Bonchev–Trinajstić information content (AvgIpc) is 2.36. The van der Waals surface area contributed by atoms with Crippen LogP contribution in [-0.4, -0.2) is 18.8 Å². The van der Waals surface area contributed by atoms with Crippen LogP contribution < -0.4 is 16.6 Å². The van der Waals surface area contributed by atoms with E-state index in [-0.39, 0.29) is 11.4 Å². The summed E-state index contributed by atoms with van der Waals surface area (Å²) in [6, 6.07) is 8.00. The fraction of sp³-hybridized carbons (Fsp3) is 0.417. The van der Waals surface area contributed by atoms with Gasteiger partial charge in [-0.25, -0.2) is 10.6 Å². The highest BCUT2D eigenvalue weighted by Crippen LogP contribution is 2.24. The number of hydrazine groups is 1. The molecule has 4 N–H and O–H groups in total. The Hall–Kier alpha value is -1.20. The topological polar surface area (TPSA) is 67.2 Å². The molecule has 0 unspecified atom stereocenters. The van der Waals surface area contributed by atoms with Crippen LogP contribution in [0.4, 0.5) is 4.79 Å². The quantitative estimate of drug-likeness (QED) is 0.332. The highest BCUT2D eigenvalue weighted by Gasteiger charge is 2.21. The number of benzene rings is 1. The number of thioether (sulfide) groups is 1. The van der Waals surface area contributed by atoms with E-state index < -0.39 is 0 Å². The van der Waals surface area contributed by atoms with Gasteiger partial charge in [0.05, 0.1) is 0 Å². The lowest BCUT2D eigenvalue weighted by Gasteiger charge is -2.25. The molecule has 1 rings (SSSR count). The second-order valence-corrected chi connectivity index (χ2v) is 5.32. The van der Waals surface area contributed by atoms with Crippen LogP contribution in [0.3, 0.4) is 0 Å². The molecule has 0 radical (unpaired) electrons. The van der Waals surface area contributed by atoms with Crippen LogP contribution in [0.2, 0.25) is 0 Å². The number of rotatable bonds is 4. The summed E-state index contributed by atoms with van der Waals surface area (Å²) >= 11 is 1.71. The van der Waals surface area contributed by atoms with Gasteiger partial charge in [-0.2, -0.15) is 0 Å². The summed E-state index contributed by atoms with van der Waals surface area (Å²) in [4.78, 5) is 12.3. The molecule has 5 heteroatoms. The molecule has 0 atom stereocenters. The number of hydrogen-bond donors (Lipinski definition) is 3. The number of carbonyl (C=O) groups is 1. The maximum Gasteiger partial charge on any atom is 0.328 e. The molecule has 17 heavy (non-hydrogen) atoms. The molecule has 0 bridgehead atoms. The zero-order valence-electron chi connectivity index (χ0n) is 10.4. The molecule has 1 aromatic carbocycles. The maximum absolute atomic E-state index is 11.0. The Morgan fingerprint density at radius 3 is 2.41 bits per heavy atom. The van der Waals surface area contributed by atoms with E-state index in [2.05, 4.69) is 48.9 Å². The van der Waals surface area contributed by atoms with E-state index in [0.717, 1.165) is 0 Å². The third-order valence-electron chi connectivity index (χ3n) is 2.69. The van der Waals surface area contributed by atoms with Crippen LogP contribution in [0.15, 0.2) is 29.2 Å². The van der Waals surface area contributed by atoms with Crippen molar-refractivity contribution in [2.45, 2.75) is 24.2 Å². The molecule has 0 aliphatic rings. The monoisotopic (exact) mass is 253 g/mol. The van der Waals surface area contributed by atoms with Crippen molar-refractivity contribution in [1.29, 1.82) is 0 Å². The minimum absolute atomic E-state index is 0.122. The lowest BCUT2D eigenvalue weighted by Crippen LogP contribution is -2.44. The lowest BCUT2D eigenvalue weighted by molar-refractivity contribution is 0.238. The van der Waals surface area contributed by atoms with Gasteiger partial charge in [-0.1, -0.05) is 26.0 Å². The first-order valence-electron chi connectivity index (χ1n) is 5.38. The van der Waals surface area contributed by atoms with Gasteiger partial charge in [0.2, 0.25) is 0 Å². The number of amides is 2. The van der Waals surface area contributed by atoms with Gasteiger partial charge in [-0.05, 0) is 24.0 Å². The lowest BCUT2D eigenvalue weighted by atomic mass is 9.85. The molecular weight excluding hydrogens is 234 g/mol. The minimum Gasteiger partial charge on any atom is -0.336 e. The van der Waals surface area contributed by atoms with Crippen LogP contribution in [0.5, 0.6) is 0 Å². The van der Waals surface area contributed by atoms with E-state index in [4.69, 9.17) is 5.84 Å². The van der Waals surface area contributed by atoms with Crippen molar-refractivity contribution in [2.75, 3.05) is 12.8 Å². The molecule has 94 valence electrons. The molecular formula is C12H19N3OS. The molecule has 2 amide bonds. The summed E-state index contributed by atoms with van der Waals surface area (Å²) in [6.07, 6.45) is 2.05. The van der Waals surface area contributed by atoms with Gasteiger partial charge < -0.3 is 5.32 Å². The SMILES string of the molecule is CSc1ccc(C(C)(C)CNC(=O)NN)cc1. The van der Waals surface area contributed by atoms with Gasteiger partial charge in [0.15, 0.2) is 0 Å². The molecule has 0 aromatic heterocycles. The fourth-order valence-electron chi connectivity index (χ4n) is 1.50. The van der Waals surface area contributed by atoms with Crippen LogP contribution in [0, 0.1) is 0 Å². The van der Waals surface area contributed by atoms with Gasteiger partial charge in [0, 0.05) is 16.9 Å². The maximum atomic E-state index is 11.0. The Kier molecular flexibility index (Phi) is 4.84. The van der Waals surface area contributed by atoms with Gasteiger partial charge in [-0.15, -0.1) is 11.8 Å². The van der Waals surface area contributed by atoms with Crippen LogP contribution in [-0.2, 0) is 5.41 Å². The third kappa shape index (κ3) is 3.94. The number of hydrogen-bond acceptors (Lipinski definition) is 3. The van der Waals surface area contributed by atoms with Crippen molar-refractivity contribution >= 4 is 17.8 Å². The van der Waals surface area contributed by atoms with Gasteiger partial charge in [-0.3, -0.25) is 5.43 Å². The van der Waals surface area contributed by atoms with Crippen molar-refractivity contribution in [3.8, 4) is 0 Å². The summed E-state index contributed by atoms with van der Waals surface area (Å²) in [5, 5.41) is 2.72. The molecule has 0 aliphatic carbocycles. The van der Waals surface area contributed by atoms with E-state index in [0.29, 0.717) is 6.54 Å². The summed E-state index contributed by atoms with van der Waals surface area (Å²) in [6.45, 7) is 4.70. The molecule has 4 nitrogen and oxygen atoms in total. The van der Waals surface area contributed by atoms with Crippen molar-refractivity contribution in [2.24, 2.45) is 5.84 Å². The number of nitrogens with two attached hydrogens (primary N) is 1. The van der Waals surface area contributed by atoms with Crippen molar-refractivity contribution < 1.29 is 4.79 Å². The molecule has 0 saturated carbocycles. The average molecular weight is 253 g/mol. The summed E-state index contributed by atoms with van der Waals surface area (Å²) in [5.41, 5.74) is 3.12. The summed E-state index contributed by atoms with van der Waals surface area (Å²) in [7, 11) is 0. The Morgan fingerprint density at radius 1 is 1.35 bits per heavy atom. The molecule has 0 heterocycles. The number of urea groups is 1. The predicted octanol–water partition coefficient (Wildman–Crippen LogP) is 1.86. The second kappa shape index (κ2) is 5.93. The Morgan fingerprint density at radius 2 is 1.94 bits per heavy atom. The van der Waals surface area contributed by atoms with E-state index in [1.54, 1.807) is 11.8 Å². The zero-order valence-corrected chi connectivity index (χ0v) is 11.2. The van der Waals surface area contributed by atoms with Crippen molar-refractivity contribution in [3.05, 3.63) is 29.8 Å². The first-order chi connectivity index (χ1) is 7.99.